The van der Waals surface area contributed by atoms with Gasteiger partial charge in [-0.2, -0.15) is 13.2 Å². The molecule has 0 aliphatic carbocycles. The molecule has 0 radical (unpaired) electrons. The highest BCUT2D eigenvalue weighted by Gasteiger charge is 2.30. The van der Waals surface area contributed by atoms with Crippen LogP contribution in [0.1, 0.15) is 20.8 Å². The molecule has 6 heteroatoms. The summed E-state index contributed by atoms with van der Waals surface area (Å²) in [5.74, 6) is 0. The second kappa shape index (κ2) is 5.74. The third-order valence-corrected chi connectivity index (χ3v) is 6.49. The zero-order chi connectivity index (χ0) is 15.0. The van der Waals surface area contributed by atoms with E-state index in [4.69, 9.17) is 0 Å². The molecule has 0 saturated heterocycles. The van der Waals surface area contributed by atoms with Crippen LogP contribution in [-0.2, 0) is 12.6 Å². The monoisotopic (exact) mass is 390 g/mol. The van der Waals surface area contributed by atoms with Gasteiger partial charge in [0.05, 0.1) is 10.4 Å². The van der Waals surface area contributed by atoms with E-state index in [0.29, 0.717) is 6.42 Å². The van der Waals surface area contributed by atoms with Crippen molar-refractivity contribution in [2.75, 3.05) is 0 Å². The number of alkyl halides is 4. The minimum absolute atomic E-state index is 0.124. The van der Waals surface area contributed by atoms with Crippen molar-refractivity contribution in [3.8, 4) is 0 Å². The summed E-state index contributed by atoms with van der Waals surface area (Å²) < 4.78 is 40.1. The maximum Gasteiger partial charge on any atom is 0.416 e. The minimum atomic E-state index is -4.27. The number of fused-ring (bicyclic) bond motifs is 1. The Hall–Kier alpha value is -0.850. The van der Waals surface area contributed by atoms with Gasteiger partial charge in [-0.3, -0.25) is 0 Å². The fourth-order valence-corrected chi connectivity index (χ4v) is 4.96. The second-order valence-corrected chi connectivity index (χ2v) is 7.83. The predicted molar refractivity (Wildman–Crippen MR) is 86.5 cm³/mol. The first-order valence-electron chi connectivity index (χ1n) is 6.20. The van der Waals surface area contributed by atoms with Crippen LogP contribution >= 0.6 is 38.6 Å². The maximum absolute atomic E-state index is 12.5. The van der Waals surface area contributed by atoms with Crippen LogP contribution in [0.4, 0.5) is 13.2 Å². The number of hydrogen-bond acceptors (Lipinski definition) is 2. The average molecular weight is 391 g/mol. The second-order valence-electron chi connectivity index (χ2n) is 4.66. The standard InChI is InChI=1S/C15H10BrF3S2/c16-11(13-8-14-12(21-13)5-6-20-14)7-9-1-3-10(4-2-9)15(17,18)19/h1-6,8,11H,7H2. The van der Waals surface area contributed by atoms with E-state index in [0.717, 1.165) is 17.7 Å². The molecule has 1 atom stereocenters. The predicted octanol–water partition coefficient (Wildman–Crippen LogP) is 6.66. The molecule has 21 heavy (non-hydrogen) atoms. The summed E-state index contributed by atoms with van der Waals surface area (Å²) >= 11 is 7.06. The third kappa shape index (κ3) is 3.33. The molecule has 3 aromatic rings. The molecule has 0 N–H and O–H groups in total. The smallest absolute Gasteiger partial charge is 0.166 e. The average Bonchev–Trinajstić information content (AvgIpc) is 2.98. The van der Waals surface area contributed by atoms with Crippen LogP contribution in [0.3, 0.4) is 0 Å². The first-order chi connectivity index (χ1) is 9.93. The lowest BCUT2D eigenvalue weighted by atomic mass is 10.1. The quantitative estimate of drug-likeness (QED) is 0.438. The van der Waals surface area contributed by atoms with Gasteiger partial charge in [-0.05, 0) is 41.6 Å². The first kappa shape index (κ1) is 15.1. The highest BCUT2D eigenvalue weighted by Crippen LogP contribution is 2.38. The molecule has 0 bridgehead atoms. The lowest BCUT2D eigenvalue weighted by Gasteiger charge is -2.10. The van der Waals surface area contributed by atoms with E-state index in [1.165, 1.54) is 14.3 Å². The van der Waals surface area contributed by atoms with Crippen LogP contribution in [0, 0.1) is 0 Å². The van der Waals surface area contributed by atoms with Crippen molar-refractivity contribution in [2.24, 2.45) is 0 Å². The molecular formula is C15H10BrF3S2. The number of benzene rings is 1. The summed E-state index contributed by atoms with van der Waals surface area (Å²) in [7, 11) is 0. The summed E-state index contributed by atoms with van der Waals surface area (Å²) in [5, 5.41) is 2.06. The lowest BCUT2D eigenvalue weighted by molar-refractivity contribution is -0.137. The van der Waals surface area contributed by atoms with Gasteiger partial charge in [0.15, 0.2) is 0 Å². The van der Waals surface area contributed by atoms with Crippen molar-refractivity contribution in [1.82, 2.24) is 0 Å². The SMILES string of the molecule is FC(F)(F)c1ccc(CC(Br)c2cc3sccc3s2)cc1. The Kier molecular flexibility index (Phi) is 4.12. The molecule has 0 aliphatic rings. The molecular weight excluding hydrogens is 381 g/mol. The van der Waals surface area contributed by atoms with Crippen LogP contribution in [0.15, 0.2) is 41.8 Å². The van der Waals surface area contributed by atoms with Gasteiger partial charge in [-0.25, -0.2) is 0 Å². The maximum atomic E-state index is 12.5. The molecule has 110 valence electrons. The molecule has 0 saturated carbocycles. The van der Waals surface area contributed by atoms with Crippen molar-refractivity contribution >= 4 is 48.0 Å². The number of halogens is 4. The molecule has 3 rings (SSSR count). The van der Waals surface area contributed by atoms with E-state index in [1.807, 2.05) is 0 Å². The van der Waals surface area contributed by atoms with E-state index < -0.39 is 11.7 Å². The number of rotatable bonds is 3. The fraction of sp³-hybridized carbons (Fsp3) is 0.200. The van der Waals surface area contributed by atoms with Crippen LogP contribution in [0.5, 0.6) is 0 Å². The van der Waals surface area contributed by atoms with Gasteiger partial charge < -0.3 is 0 Å². The largest absolute Gasteiger partial charge is 0.416 e. The topological polar surface area (TPSA) is 0 Å². The Morgan fingerprint density at radius 2 is 1.76 bits per heavy atom. The Bertz CT molecular complexity index is 712. The van der Waals surface area contributed by atoms with Crippen molar-refractivity contribution in [3.63, 3.8) is 0 Å². The van der Waals surface area contributed by atoms with E-state index in [-0.39, 0.29) is 4.83 Å². The molecule has 2 heterocycles. The summed E-state index contributed by atoms with van der Waals surface area (Å²) in [4.78, 5) is 1.33. The van der Waals surface area contributed by atoms with Crippen molar-refractivity contribution in [3.05, 3.63) is 57.8 Å². The third-order valence-electron chi connectivity index (χ3n) is 3.16. The summed E-state index contributed by atoms with van der Waals surface area (Å²) in [5.41, 5.74) is 0.288. The Morgan fingerprint density at radius 1 is 1.05 bits per heavy atom. The molecule has 0 nitrogen and oxygen atoms in total. The normalized spacial score (nSPS) is 13.7. The van der Waals surface area contributed by atoms with Gasteiger partial charge in [0.25, 0.3) is 0 Å². The van der Waals surface area contributed by atoms with Gasteiger partial charge in [0.2, 0.25) is 0 Å². The van der Waals surface area contributed by atoms with Crippen LogP contribution in [-0.4, -0.2) is 0 Å². The Balaban J connectivity index is 1.75. The van der Waals surface area contributed by atoms with Crippen molar-refractivity contribution in [2.45, 2.75) is 17.4 Å². The zero-order valence-corrected chi connectivity index (χ0v) is 13.9. The Morgan fingerprint density at radius 3 is 2.38 bits per heavy atom. The minimum Gasteiger partial charge on any atom is -0.166 e. The number of thiophene rings is 2. The molecule has 0 aliphatic heterocycles. The zero-order valence-electron chi connectivity index (χ0n) is 10.7. The summed E-state index contributed by atoms with van der Waals surface area (Å²) in [6.07, 6.45) is -3.60. The van der Waals surface area contributed by atoms with Gasteiger partial charge in [-0.15, -0.1) is 22.7 Å². The van der Waals surface area contributed by atoms with E-state index >= 15 is 0 Å². The molecule has 0 amide bonds. The molecule has 1 unspecified atom stereocenters. The summed E-state index contributed by atoms with van der Waals surface area (Å²) in [6.45, 7) is 0. The van der Waals surface area contributed by atoms with Crippen LogP contribution in [0.25, 0.3) is 9.40 Å². The van der Waals surface area contributed by atoms with E-state index in [2.05, 4.69) is 33.4 Å². The lowest BCUT2D eigenvalue weighted by Crippen LogP contribution is -2.04. The van der Waals surface area contributed by atoms with Crippen molar-refractivity contribution in [1.29, 1.82) is 0 Å². The molecule has 2 aromatic heterocycles. The first-order valence-corrected chi connectivity index (χ1v) is 8.82. The highest BCUT2D eigenvalue weighted by atomic mass is 79.9. The molecule has 0 spiro atoms. The molecule has 0 fully saturated rings. The van der Waals surface area contributed by atoms with Gasteiger partial charge in [0, 0.05) is 14.3 Å². The van der Waals surface area contributed by atoms with Gasteiger partial charge in [0.1, 0.15) is 0 Å². The highest BCUT2D eigenvalue weighted by molar-refractivity contribution is 9.09. The van der Waals surface area contributed by atoms with E-state index in [9.17, 15) is 13.2 Å². The van der Waals surface area contributed by atoms with Crippen LogP contribution in [0.2, 0.25) is 0 Å². The van der Waals surface area contributed by atoms with Crippen molar-refractivity contribution < 1.29 is 13.2 Å². The fourth-order valence-electron chi connectivity index (χ4n) is 2.08. The molecule has 1 aromatic carbocycles. The van der Waals surface area contributed by atoms with Gasteiger partial charge in [-0.1, -0.05) is 28.1 Å². The summed E-state index contributed by atoms with van der Waals surface area (Å²) in [6, 6.07) is 9.62. The van der Waals surface area contributed by atoms with Gasteiger partial charge >= 0.3 is 6.18 Å². The Labute approximate surface area is 136 Å². The number of hydrogen-bond donors (Lipinski definition) is 0. The van der Waals surface area contributed by atoms with Crippen LogP contribution < -0.4 is 0 Å². The van der Waals surface area contributed by atoms with E-state index in [1.54, 1.807) is 34.8 Å².